The molecule has 1 aliphatic carbocycles. The topological polar surface area (TPSA) is 62.1 Å². The number of hydrogen-bond donors (Lipinski definition) is 1. The maximum Gasteiger partial charge on any atom is 0.410 e. The lowest BCUT2D eigenvalue weighted by molar-refractivity contribution is 0.0248. The Kier molecular flexibility index (Phi) is 2.56. The zero-order valence-corrected chi connectivity index (χ0v) is 9.93. The first-order chi connectivity index (χ1) is 7.40. The molecular weight excluding hydrogens is 208 g/mol. The molecule has 2 unspecified atom stereocenters. The number of nitrogens with zero attached hydrogens (tertiary/aromatic N) is 2. The van der Waals surface area contributed by atoms with Crippen LogP contribution in [0.5, 0.6) is 0 Å². The number of likely N-dealkylation sites (tertiary alicyclic amines) is 1. The van der Waals surface area contributed by atoms with Gasteiger partial charge < -0.3 is 9.94 Å². The first-order valence-electron chi connectivity index (χ1n) is 5.61. The van der Waals surface area contributed by atoms with Crippen molar-refractivity contribution in [2.75, 3.05) is 6.54 Å². The summed E-state index contributed by atoms with van der Waals surface area (Å²) in [5, 5.41) is 12.1. The highest BCUT2D eigenvalue weighted by molar-refractivity contribution is 5.95. The highest BCUT2D eigenvalue weighted by Crippen LogP contribution is 2.36. The summed E-state index contributed by atoms with van der Waals surface area (Å²) in [4.78, 5) is 13.6. The quantitative estimate of drug-likeness (QED) is 0.506. The zero-order valence-electron chi connectivity index (χ0n) is 9.93. The number of piperidine rings is 1. The number of rotatable bonds is 0. The third-order valence-corrected chi connectivity index (χ3v) is 3.03. The van der Waals surface area contributed by atoms with Gasteiger partial charge in [0.1, 0.15) is 5.60 Å². The normalized spacial score (nSPS) is 31.2. The second kappa shape index (κ2) is 3.64. The van der Waals surface area contributed by atoms with Crippen LogP contribution in [0.2, 0.25) is 0 Å². The van der Waals surface area contributed by atoms with Gasteiger partial charge in [0.25, 0.3) is 0 Å². The van der Waals surface area contributed by atoms with Gasteiger partial charge in [-0.1, -0.05) is 5.16 Å². The Morgan fingerprint density at radius 2 is 2.25 bits per heavy atom. The average molecular weight is 226 g/mol. The van der Waals surface area contributed by atoms with Gasteiger partial charge in [-0.05, 0) is 39.5 Å². The first-order valence-corrected chi connectivity index (χ1v) is 5.61. The molecule has 0 spiro atoms. The molecule has 5 nitrogen and oxygen atoms in total. The fourth-order valence-electron chi connectivity index (χ4n) is 2.45. The van der Waals surface area contributed by atoms with Crippen molar-refractivity contribution in [2.45, 2.75) is 45.3 Å². The molecule has 0 aromatic rings. The van der Waals surface area contributed by atoms with E-state index >= 15 is 0 Å². The van der Waals surface area contributed by atoms with Crippen molar-refractivity contribution in [3.05, 3.63) is 0 Å². The van der Waals surface area contributed by atoms with Crippen molar-refractivity contribution in [2.24, 2.45) is 11.1 Å². The van der Waals surface area contributed by atoms with Gasteiger partial charge in [0.15, 0.2) is 0 Å². The monoisotopic (exact) mass is 226 g/mol. The molecule has 1 aliphatic heterocycles. The second-order valence-corrected chi connectivity index (χ2v) is 5.55. The van der Waals surface area contributed by atoms with Crippen molar-refractivity contribution in [1.82, 2.24) is 4.90 Å². The SMILES string of the molecule is CC(C)(C)OC(=O)N1CC2CC(=NO)C1C2. The van der Waals surface area contributed by atoms with Crippen LogP contribution >= 0.6 is 0 Å². The van der Waals surface area contributed by atoms with Gasteiger partial charge in [-0.15, -0.1) is 0 Å². The number of oxime groups is 1. The minimum Gasteiger partial charge on any atom is -0.444 e. The molecule has 2 fully saturated rings. The smallest absolute Gasteiger partial charge is 0.410 e. The number of amides is 1. The molecule has 1 saturated heterocycles. The molecule has 90 valence electrons. The van der Waals surface area contributed by atoms with Gasteiger partial charge in [0.05, 0.1) is 11.8 Å². The standard InChI is InChI=1S/C11H18N2O3/c1-11(2,3)16-10(14)13-6-7-4-8(12-15)9(13)5-7/h7,9,15H,4-6H2,1-3H3. The molecule has 1 heterocycles. The third-order valence-electron chi connectivity index (χ3n) is 3.03. The molecule has 5 heteroatoms. The second-order valence-electron chi connectivity index (χ2n) is 5.55. The van der Waals surface area contributed by atoms with E-state index in [4.69, 9.17) is 9.94 Å². The number of fused-ring (bicyclic) bond motifs is 2. The minimum atomic E-state index is -0.477. The largest absolute Gasteiger partial charge is 0.444 e. The Hall–Kier alpha value is -1.26. The van der Waals surface area contributed by atoms with Crippen molar-refractivity contribution in [3.8, 4) is 0 Å². The highest BCUT2D eigenvalue weighted by Gasteiger charge is 2.46. The zero-order chi connectivity index (χ0) is 11.9. The predicted molar refractivity (Wildman–Crippen MR) is 58.7 cm³/mol. The molecule has 16 heavy (non-hydrogen) atoms. The lowest BCUT2D eigenvalue weighted by Crippen LogP contribution is -2.45. The van der Waals surface area contributed by atoms with Gasteiger partial charge in [0, 0.05) is 6.54 Å². The van der Waals surface area contributed by atoms with E-state index in [1.807, 2.05) is 20.8 Å². The maximum absolute atomic E-state index is 11.9. The van der Waals surface area contributed by atoms with E-state index in [1.54, 1.807) is 4.90 Å². The fourth-order valence-corrected chi connectivity index (χ4v) is 2.45. The van der Waals surface area contributed by atoms with Crippen LogP contribution in [0.1, 0.15) is 33.6 Å². The van der Waals surface area contributed by atoms with Crippen molar-refractivity contribution < 1.29 is 14.7 Å². The predicted octanol–water partition coefficient (Wildman–Crippen LogP) is 1.85. The number of hydrogen-bond acceptors (Lipinski definition) is 4. The number of carbonyl (C=O) groups is 1. The Balaban J connectivity index is 2.04. The van der Waals surface area contributed by atoms with Crippen LogP contribution in [0.4, 0.5) is 4.79 Å². The van der Waals surface area contributed by atoms with E-state index in [9.17, 15) is 4.79 Å². The van der Waals surface area contributed by atoms with Crippen molar-refractivity contribution >= 4 is 11.8 Å². The van der Waals surface area contributed by atoms with Gasteiger partial charge >= 0.3 is 6.09 Å². The summed E-state index contributed by atoms with van der Waals surface area (Å²) in [6.07, 6.45) is 1.40. The van der Waals surface area contributed by atoms with E-state index in [0.29, 0.717) is 11.6 Å². The molecule has 1 N–H and O–H groups in total. The maximum atomic E-state index is 11.9. The van der Waals surface area contributed by atoms with E-state index in [2.05, 4.69) is 5.16 Å². The van der Waals surface area contributed by atoms with Crippen LogP contribution in [0, 0.1) is 5.92 Å². The molecule has 2 rings (SSSR count). The summed E-state index contributed by atoms with van der Waals surface area (Å²) < 4.78 is 5.32. The summed E-state index contributed by atoms with van der Waals surface area (Å²) in [5.74, 6) is 0.434. The summed E-state index contributed by atoms with van der Waals surface area (Å²) in [6.45, 7) is 6.26. The van der Waals surface area contributed by atoms with Gasteiger partial charge in [0.2, 0.25) is 0 Å². The van der Waals surface area contributed by atoms with Crippen LogP contribution in [-0.2, 0) is 4.74 Å². The van der Waals surface area contributed by atoms with E-state index in [0.717, 1.165) is 19.4 Å². The lowest BCUT2D eigenvalue weighted by atomic mass is 10.1. The van der Waals surface area contributed by atoms with Crippen LogP contribution in [0.15, 0.2) is 5.16 Å². The summed E-state index contributed by atoms with van der Waals surface area (Å²) >= 11 is 0. The van der Waals surface area contributed by atoms with Gasteiger partial charge in [-0.3, -0.25) is 4.90 Å². The van der Waals surface area contributed by atoms with Crippen molar-refractivity contribution in [3.63, 3.8) is 0 Å². The van der Waals surface area contributed by atoms with Gasteiger partial charge in [-0.2, -0.15) is 0 Å². The van der Waals surface area contributed by atoms with E-state index in [-0.39, 0.29) is 12.1 Å². The summed E-state index contributed by atoms with van der Waals surface area (Å²) in [7, 11) is 0. The van der Waals surface area contributed by atoms with E-state index < -0.39 is 5.60 Å². The van der Waals surface area contributed by atoms with Crippen LogP contribution in [0.3, 0.4) is 0 Å². The molecule has 0 aromatic heterocycles. The Bertz CT molecular complexity index is 333. The average Bonchev–Trinajstić information content (AvgIpc) is 2.72. The Morgan fingerprint density at radius 1 is 1.56 bits per heavy atom. The molecule has 0 radical (unpaired) electrons. The van der Waals surface area contributed by atoms with Gasteiger partial charge in [-0.25, -0.2) is 4.79 Å². The summed E-state index contributed by atoms with van der Waals surface area (Å²) in [5.41, 5.74) is 0.234. The number of ether oxygens (including phenoxy) is 1. The molecule has 1 amide bonds. The fraction of sp³-hybridized carbons (Fsp3) is 0.818. The Morgan fingerprint density at radius 3 is 2.75 bits per heavy atom. The Labute approximate surface area is 95.1 Å². The van der Waals surface area contributed by atoms with E-state index in [1.165, 1.54) is 0 Å². The molecule has 0 aromatic carbocycles. The molecular formula is C11H18N2O3. The highest BCUT2D eigenvalue weighted by atomic mass is 16.6. The van der Waals surface area contributed by atoms with Crippen LogP contribution in [-0.4, -0.2) is 40.1 Å². The van der Waals surface area contributed by atoms with Crippen LogP contribution < -0.4 is 0 Å². The van der Waals surface area contributed by atoms with Crippen LogP contribution in [0.25, 0.3) is 0 Å². The molecule has 1 saturated carbocycles. The molecule has 2 bridgehead atoms. The summed E-state index contributed by atoms with van der Waals surface area (Å²) in [6, 6.07) is -0.0511. The molecule has 2 atom stereocenters. The minimum absolute atomic E-state index is 0.0511. The van der Waals surface area contributed by atoms with Crippen molar-refractivity contribution in [1.29, 1.82) is 0 Å². The first kappa shape index (κ1) is 11.2. The molecule has 2 aliphatic rings. The lowest BCUT2D eigenvalue weighted by Gasteiger charge is -2.30. The number of carbonyl (C=O) groups excluding carboxylic acids is 1. The third kappa shape index (κ3) is 1.99.